The van der Waals surface area contributed by atoms with E-state index in [1.807, 2.05) is 13.8 Å². The Morgan fingerprint density at radius 1 is 1.37 bits per heavy atom. The second-order valence-corrected chi connectivity index (χ2v) is 6.85. The van der Waals surface area contributed by atoms with E-state index in [2.05, 4.69) is 6.58 Å². The van der Waals surface area contributed by atoms with E-state index in [9.17, 15) is 9.90 Å². The quantitative estimate of drug-likeness (QED) is 0.621. The summed E-state index contributed by atoms with van der Waals surface area (Å²) >= 11 is 0. The third-order valence-corrected chi connectivity index (χ3v) is 5.07. The molecule has 2 aliphatic carbocycles. The Kier molecular flexibility index (Phi) is 2.81. The summed E-state index contributed by atoms with van der Waals surface area (Å²) in [6, 6.07) is 0. The van der Waals surface area contributed by atoms with E-state index in [1.165, 1.54) is 0 Å². The van der Waals surface area contributed by atoms with Gasteiger partial charge in [-0.15, -0.1) is 0 Å². The molecule has 0 amide bonds. The number of carbonyl (C=O) groups excluding carboxylic acids is 1. The standard InChI is InChI=1S/C15H22O4/c1-7(2)14(16)19-13-9-5-8-10(6-18-12(8)13)11(9)15(3,4)17/h8-13,17H,1,5-6H2,2-4H3. The maximum atomic E-state index is 11.8. The van der Waals surface area contributed by atoms with Gasteiger partial charge in [-0.05, 0) is 44.9 Å². The highest BCUT2D eigenvalue weighted by Gasteiger charge is 2.66. The predicted molar refractivity (Wildman–Crippen MR) is 69.3 cm³/mol. The van der Waals surface area contributed by atoms with Crippen molar-refractivity contribution in [3.63, 3.8) is 0 Å². The lowest BCUT2D eigenvalue weighted by atomic mass is 9.71. The first-order valence-corrected chi connectivity index (χ1v) is 7.01. The largest absolute Gasteiger partial charge is 0.456 e. The molecule has 0 aromatic heterocycles. The minimum absolute atomic E-state index is 0.0249. The highest BCUT2D eigenvalue weighted by atomic mass is 16.6. The summed E-state index contributed by atoms with van der Waals surface area (Å²) in [6.07, 6.45) is 0.805. The fourth-order valence-electron chi connectivity index (χ4n) is 4.52. The third kappa shape index (κ3) is 1.84. The molecule has 106 valence electrons. The van der Waals surface area contributed by atoms with Crippen LogP contribution >= 0.6 is 0 Å². The Hall–Kier alpha value is -0.870. The van der Waals surface area contributed by atoms with E-state index in [0.717, 1.165) is 6.42 Å². The summed E-state index contributed by atoms with van der Waals surface area (Å²) in [4.78, 5) is 11.8. The van der Waals surface area contributed by atoms with E-state index < -0.39 is 5.60 Å². The van der Waals surface area contributed by atoms with Gasteiger partial charge in [-0.2, -0.15) is 0 Å². The zero-order chi connectivity index (χ0) is 13.9. The predicted octanol–water partition coefficient (Wildman–Crippen LogP) is 1.53. The number of ether oxygens (including phenoxy) is 2. The van der Waals surface area contributed by atoms with Gasteiger partial charge in [-0.1, -0.05) is 6.58 Å². The topological polar surface area (TPSA) is 55.8 Å². The van der Waals surface area contributed by atoms with Gasteiger partial charge in [0.2, 0.25) is 0 Å². The van der Waals surface area contributed by atoms with Crippen molar-refractivity contribution in [2.75, 3.05) is 6.61 Å². The van der Waals surface area contributed by atoms with Crippen LogP contribution in [0.4, 0.5) is 0 Å². The maximum absolute atomic E-state index is 11.8. The molecule has 19 heavy (non-hydrogen) atoms. The van der Waals surface area contributed by atoms with Crippen LogP contribution in [-0.4, -0.2) is 35.5 Å². The van der Waals surface area contributed by atoms with Crippen LogP contribution in [0.2, 0.25) is 0 Å². The molecule has 1 saturated heterocycles. The van der Waals surface area contributed by atoms with Crippen LogP contribution in [-0.2, 0) is 14.3 Å². The van der Waals surface area contributed by atoms with Gasteiger partial charge in [0.1, 0.15) is 6.10 Å². The Labute approximate surface area is 113 Å². The number of rotatable bonds is 3. The fraction of sp³-hybridized carbons (Fsp3) is 0.800. The van der Waals surface area contributed by atoms with Crippen molar-refractivity contribution in [3.05, 3.63) is 12.2 Å². The van der Waals surface area contributed by atoms with Crippen LogP contribution in [0.5, 0.6) is 0 Å². The Morgan fingerprint density at radius 3 is 2.63 bits per heavy atom. The van der Waals surface area contributed by atoms with Crippen LogP contribution in [0.1, 0.15) is 27.2 Å². The lowest BCUT2D eigenvalue weighted by Gasteiger charge is -2.39. The van der Waals surface area contributed by atoms with Gasteiger partial charge in [-0.3, -0.25) is 0 Å². The van der Waals surface area contributed by atoms with Crippen LogP contribution < -0.4 is 0 Å². The molecular formula is C15H22O4. The van der Waals surface area contributed by atoms with Crippen molar-refractivity contribution in [1.29, 1.82) is 0 Å². The molecule has 0 radical (unpaired) electrons. The first-order valence-electron chi connectivity index (χ1n) is 7.01. The van der Waals surface area contributed by atoms with Crippen molar-refractivity contribution in [1.82, 2.24) is 0 Å². The molecule has 4 nitrogen and oxygen atoms in total. The molecule has 0 aromatic rings. The first kappa shape index (κ1) is 13.1. The smallest absolute Gasteiger partial charge is 0.333 e. The minimum atomic E-state index is -0.753. The monoisotopic (exact) mass is 266 g/mol. The molecular weight excluding hydrogens is 244 g/mol. The molecule has 1 N–H and O–H groups in total. The van der Waals surface area contributed by atoms with E-state index >= 15 is 0 Å². The van der Waals surface area contributed by atoms with Gasteiger partial charge in [0, 0.05) is 11.5 Å². The molecule has 3 fully saturated rings. The molecule has 6 atom stereocenters. The molecule has 0 aromatic carbocycles. The van der Waals surface area contributed by atoms with Crippen LogP contribution in [0.15, 0.2) is 12.2 Å². The summed E-state index contributed by atoms with van der Waals surface area (Å²) in [5.41, 5.74) is -0.339. The van der Waals surface area contributed by atoms with Gasteiger partial charge in [0.25, 0.3) is 0 Å². The Balaban J connectivity index is 1.84. The van der Waals surface area contributed by atoms with Crippen LogP contribution in [0.3, 0.4) is 0 Å². The van der Waals surface area contributed by atoms with Crippen molar-refractivity contribution in [2.45, 2.75) is 45.0 Å². The first-order chi connectivity index (χ1) is 8.80. The van der Waals surface area contributed by atoms with Gasteiger partial charge in [-0.25, -0.2) is 4.79 Å². The molecule has 3 aliphatic rings. The molecule has 2 bridgehead atoms. The van der Waals surface area contributed by atoms with Crippen molar-refractivity contribution in [2.24, 2.45) is 23.7 Å². The molecule has 4 heteroatoms. The number of esters is 1. The molecule has 0 spiro atoms. The third-order valence-electron chi connectivity index (χ3n) is 5.07. The van der Waals surface area contributed by atoms with Crippen molar-refractivity contribution in [3.8, 4) is 0 Å². The van der Waals surface area contributed by atoms with E-state index in [1.54, 1.807) is 6.92 Å². The highest BCUT2D eigenvalue weighted by Crippen LogP contribution is 2.60. The average Bonchev–Trinajstić information content (AvgIpc) is 2.86. The summed E-state index contributed by atoms with van der Waals surface area (Å²) in [6.45, 7) is 9.66. The molecule has 3 rings (SSSR count). The number of aliphatic hydroxyl groups is 1. The molecule has 1 aliphatic heterocycles. The van der Waals surface area contributed by atoms with E-state index in [4.69, 9.17) is 9.47 Å². The highest BCUT2D eigenvalue weighted by molar-refractivity contribution is 5.87. The van der Waals surface area contributed by atoms with Crippen LogP contribution in [0, 0.1) is 23.7 Å². The number of fused-ring (bicyclic) bond motifs is 1. The van der Waals surface area contributed by atoms with Crippen molar-refractivity contribution < 1.29 is 19.4 Å². The number of hydrogen-bond acceptors (Lipinski definition) is 4. The normalized spacial score (nSPS) is 43.6. The minimum Gasteiger partial charge on any atom is -0.456 e. The Morgan fingerprint density at radius 2 is 2.05 bits per heavy atom. The number of carbonyl (C=O) groups is 1. The summed E-state index contributed by atoms with van der Waals surface area (Å²) in [5, 5.41) is 10.4. The lowest BCUT2D eigenvalue weighted by molar-refractivity contribution is -0.157. The zero-order valence-corrected chi connectivity index (χ0v) is 11.8. The second-order valence-electron chi connectivity index (χ2n) is 6.85. The summed E-state index contributed by atoms with van der Waals surface area (Å²) in [5.74, 6) is 0.864. The van der Waals surface area contributed by atoms with Gasteiger partial charge >= 0.3 is 5.97 Å². The van der Waals surface area contributed by atoms with E-state index in [-0.39, 0.29) is 30.0 Å². The molecule has 2 saturated carbocycles. The average molecular weight is 266 g/mol. The van der Waals surface area contributed by atoms with Gasteiger partial charge in [0.05, 0.1) is 18.3 Å². The van der Waals surface area contributed by atoms with Gasteiger partial charge in [0.15, 0.2) is 0 Å². The maximum Gasteiger partial charge on any atom is 0.333 e. The fourth-order valence-corrected chi connectivity index (χ4v) is 4.52. The lowest BCUT2D eigenvalue weighted by Crippen LogP contribution is -2.48. The zero-order valence-electron chi connectivity index (χ0n) is 11.8. The van der Waals surface area contributed by atoms with Gasteiger partial charge < -0.3 is 14.6 Å². The van der Waals surface area contributed by atoms with Crippen LogP contribution in [0.25, 0.3) is 0 Å². The molecule has 1 heterocycles. The summed E-state index contributed by atoms with van der Waals surface area (Å²) < 4.78 is 11.4. The molecule has 6 unspecified atom stereocenters. The summed E-state index contributed by atoms with van der Waals surface area (Å²) in [7, 11) is 0. The SMILES string of the molecule is C=C(C)C(=O)OC1C2CC3C(COC31)C2C(C)(C)O. The van der Waals surface area contributed by atoms with E-state index in [0.29, 0.717) is 24.0 Å². The Bertz CT molecular complexity index is 422. The van der Waals surface area contributed by atoms with Crippen molar-refractivity contribution >= 4 is 5.97 Å². The second kappa shape index (κ2) is 4.06. The number of hydrogen-bond donors (Lipinski definition) is 1.